The Balaban J connectivity index is 1.75. The minimum absolute atomic E-state index is 0.0686. The average molecular weight is 443 g/mol. The van der Waals surface area contributed by atoms with Crippen LogP contribution in [0.4, 0.5) is 0 Å². The third kappa shape index (κ3) is 15.1. The second kappa shape index (κ2) is 20.2. The van der Waals surface area contributed by atoms with E-state index in [9.17, 15) is 15.3 Å². The molecule has 1 heterocycles. The molecule has 1 saturated heterocycles. The zero-order chi connectivity index (χ0) is 22.6. The summed E-state index contributed by atoms with van der Waals surface area (Å²) in [5.41, 5.74) is 0. The number of ether oxygens (including phenoxy) is 2. The van der Waals surface area contributed by atoms with Crippen molar-refractivity contribution in [3.8, 4) is 0 Å². The van der Waals surface area contributed by atoms with Crippen LogP contribution in [-0.2, 0) is 9.47 Å². The van der Waals surface area contributed by atoms with Gasteiger partial charge < -0.3 is 24.8 Å². The molecule has 184 valence electrons. The van der Waals surface area contributed by atoms with Gasteiger partial charge in [-0.1, -0.05) is 89.7 Å². The molecule has 5 nitrogen and oxygen atoms in total. The Hall–Kier alpha value is -0.460. The fourth-order valence-electron chi connectivity index (χ4n) is 4.07. The summed E-state index contributed by atoms with van der Waals surface area (Å²) in [4.78, 5) is 0. The number of unbranched alkanes of at least 4 members (excludes halogenated alkanes) is 14. The molecule has 31 heavy (non-hydrogen) atoms. The molecule has 0 amide bonds. The molecule has 0 aromatic rings. The summed E-state index contributed by atoms with van der Waals surface area (Å²) in [6.07, 6.45) is 22.0. The van der Waals surface area contributed by atoms with Crippen LogP contribution in [0.15, 0.2) is 12.2 Å². The van der Waals surface area contributed by atoms with E-state index in [0.29, 0.717) is 6.61 Å². The molecule has 1 rings (SSSR count). The Bertz CT molecular complexity index is 415. The fourth-order valence-corrected chi connectivity index (χ4v) is 4.07. The largest absolute Gasteiger partial charge is 0.388 e. The summed E-state index contributed by atoms with van der Waals surface area (Å²) in [5, 5.41) is 29.1. The van der Waals surface area contributed by atoms with Crippen LogP contribution >= 0.6 is 0 Å². The van der Waals surface area contributed by atoms with Crippen molar-refractivity contribution >= 4 is 0 Å². The highest BCUT2D eigenvalue weighted by atomic mass is 16.5. The van der Waals surface area contributed by atoms with Gasteiger partial charge in [0, 0.05) is 6.61 Å². The van der Waals surface area contributed by atoms with Crippen LogP contribution in [0.3, 0.4) is 0 Å². The summed E-state index contributed by atoms with van der Waals surface area (Å²) < 4.78 is 10.7. The Kier molecular flexibility index (Phi) is 18.6. The second-order valence-electron chi connectivity index (χ2n) is 9.14. The van der Waals surface area contributed by atoms with E-state index < -0.39 is 24.4 Å². The standard InChI is InChI=1S/C26H50O5/c1-2-3-4-5-6-7-8-9-10-11-12-13-14-15-16-17-18-19-20-30-21-24(28)26-25(29)23(27)22-31-26/h8-9,23-29H,2-7,10-22H2,1H3/b9-8+/t23-,24+,25+,26+/m1/s1. The summed E-state index contributed by atoms with van der Waals surface area (Å²) in [6.45, 7) is 3.10. The molecular weight excluding hydrogens is 392 g/mol. The van der Waals surface area contributed by atoms with Gasteiger partial charge in [0.1, 0.15) is 24.4 Å². The summed E-state index contributed by atoms with van der Waals surface area (Å²) in [6, 6.07) is 0. The molecule has 3 N–H and O–H groups in total. The van der Waals surface area contributed by atoms with Crippen molar-refractivity contribution in [2.24, 2.45) is 0 Å². The van der Waals surface area contributed by atoms with Gasteiger partial charge in [0.15, 0.2) is 0 Å². The minimum Gasteiger partial charge on any atom is -0.388 e. The smallest absolute Gasteiger partial charge is 0.114 e. The van der Waals surface area contributed by atoms with E-state index in [4.69, 9.17) is 9.47 Å². The zero-order valence-electron chi connectivity index (χ0n) is 20.1. The Morgan fingerprint density at radius 3 is 1.84 bits per heavy atom. The lowest BCUT2D eigenvalue weighted by atomic mass is 10.1. The molecule has 0 saturated carbocycles. The van der Waals surface area contributed by atoms with E-state index in [2.05, 4.69) is 19.1 Å². The molecule has 1 aliphatic heterocycles. The molecule has 0 radical (unpaired) electrons. The van der Waals surface area contributed by atoms with Gasteiger partial charge >= 0.3 is 0 Å². The molecule has 0 aliphatic carbocycles. The third-order valence-electron chi connectivity index (χ3n) is 6.16. The Labute approximate surface area is 191 Å². The predicted octanol–water partition coefficient (Wildman–Crippen LogP) is 5.30. The highest BCUT2D eigenvalue weighted by Gasteiger charge is 2.39. The van der Waals surface area contributed by atoms with Crippen molar-refractivity contribution in [2.75, 3.05) is 19.8 Å². The molecule has 1 aliphatic rings. The normalized spacial score (nSPS) is 22.5. The Morgan fingerprint density at radius 1 is 0.806 bits per heavy atom. The summed E-state index contributed by atoms with van der Waals surface area (Å²) in [7, 11) is 0. The van der Waals surface area contributed by atoms with Gasteiger partial charge in [-0.05, 0) is 32.1 Å². The predicted molar refractivity (Wildman–Crippen MR) is 127 cm³/mol. The summed E-state index contributed by atoms with van der Waals surface area (Å²) >= 11 is 0. The van der Waals surface area contributed by atoms with Crippen LogP contribution in [0.25, 0.3) is 0 Å². The van der Waals surface area contributed by atoms with E-state index in [1.807, 2.05) is 0 Å². The van der Waals surface area contributed by atoms with Crippen molar-refractivity contribution in [2.45, 2.75) is 134 Å². The maximum Gasteiger partial charge on any atom is 0.114 e. The van der Waals surface area contributed by atoms with E-state index in [0.717, 1.165) is 12.8 Å². The maximum atomic E-state index is 9.96. The van der Waals surface area contributed by atoms with Crippen molar-refractivity contribution in [3.63, 3.8) is 0 Å². The van der Waals surface area contributed by atoms with E-state index in [-0.39, 0.29) is 13.2 Å². The van der Waals surface area contributed by atoms with Gasteiger partial charge in [-0.25, -0.2) is 0 Å². The van der Waals surface area contributed by atoms with Crippen LogP contribution in [0, 0.1) is 0 Å². The fraction of sp³-hybridized carbons (Fsp3) is 0.923. The zero-order valence-corrected chi connectivity index (χ0v) is 20.1. The molecule has 0 bridgehead atoms. The number of aliphatic hydroxyl groups excluding tert-OH is 3. The summed E-state index contributed by atoms with van der Waals surface area (Å²) in [5.74, 6) is 0. The molecule has 0 spiro atoms. The first-order valence-corrected chi connectivity index (χ1v) is 13.0. The van der Waals surface area contributed by atoms with Gasteiger partial charge in [0.05, 0.1) is 13.2 Å². The van der Waals surface area contributed by atoms with Crippen LogP contribution in [0.1, 0.15) is 110 Å². The van der Waals surface area contributed by atoms with E-state index in [1.165, 1.54) is 89.9 Å². The molecule has 0 aromatic heterocycles. The highest BCUT2D eigenvalue weighted by molar-refractivity contribution is 4.87. The van der Waals surface area contributed by atoms with E-state index in [1.54, 1.807) is 0 Å². The lowest BCUT2D eigenvalue weighted by molar-refractivity contribution is -0.0813. The van der Waals surface area contributed by atoms with Gasteiger partial charge in [-0.2, -0.15) is 0 Å². The first-order chi connectivity index (χ1) is 15.2. The van der Waals surface area contributed by atoms with Crippen molar-refractivity contribution in [1.29, 1.82) is 0 Å². The second-order valence-corrected chi connectivity index (χ2v) is 9.14. The van der Waals surface area contributed by atoms with Crippen LogP contribution in [-0.4, -0.2) is 59.6 Å². The van der Waals surface area contributed by atoms with Gasteiger partial charge in [-0.3, -0.25) is 0 Å². The van der Waals surface area contributed by atoms with Crippen molar-refractivity contribution < 1.29 is 24.8 Å². The first kappa shape index (κ1) is 28.6. The maximum absolute atomic E-state index is 9.96. The Morgan fingerprint density at radius 2 is 1.32 bits per heavy atom. The lowest BCUT2D eigenvalue weighted by Crippen LogP contribution is -2.40. The molecule has 0 unspecified atom stereocenters. The molecule has 4 atom stereocenters. The topological polar surface area (TPSA) is 79.2 Å². The van der Waals surface area contributed by atoms with E-state index >= 15 is 0 Å². The van der Waals surface area contributed by atoms with Gasteiger partial charge in [0.25, 0.3) is 0 Å². The number of hydrogen-bond donors (Lipinski definition) is 3. The van der Waals surface area contributed by atoms with Gasteiger partial charge in [0.2, 0.25) is 0 Å². The molecule has 1 fully saturated rings. The third-order valence-corrected chi connectivity index (χ3v) is 6.16. The number of aliphatic hydroxyl groups is 3. The number of rotatable bonds is 21. The lowest BCUT2D eigenvalue weighted by Gasteiger charge is -2.20. The van der Waals surface area contributed by atoms with Crippen molar-refractivity contribution in [1.82, 2.24) is 0 Å². The highest BCUT2D eigenvalue weighted by Crippen LogP contribution is 2.18. The quantitative estimate of drug-likeness (QED) is 0.166. The number of allylic oxidation sites excluding steroid dienone is 2. The van der Waals surface area contributed by atoms with Crippen LogP contribution in [0.5, 0.6) is 0 Å². The average Bonchev–Trinajstić information content (AvgIpc) is 3.10. The monoisotopic (exact) mass is 442 g/mol. The molecule has 0 aromatic carbocycles. The van der Waals surface area contributed by atoms with Crippen molar-refractivity contribution in [3.05, 3.63) is 12.2 Å². The SMILES string of the molecule is CCCCCCC/C=C/CCCCCCCCCCCOC[C@H](O)[C@@H]1OC[C@@H](O)[C@@H]1O. The van der Waals surface area contributed by atoms with Crippen LogP contribution < -0.4 is 0 Å². The number of hydrogen-bond acceptors (Lipinski definition) is 5. The van der Waals surface area contributed by atoms with Gasteiger partial charge in [-0.15, -0.1) is 0 Å². The van der Waals surface area contributed by atoms with Crippen LogP contribution in [0.2, 0.25) is 0 Å². The minimum atomic E-state index is -1.03. The molecular formula is C26H50O5. The molecule has 5 heteroatoms. The first-order valence-electron chi connectivity index (χ1n) is 13.0.